The maximum absolute atomic E-state index is 12.4. The molecule has 6 nitrogen and oxygen atoms in total. The predicted octanol–water partition coefficient (Wildman–Crippen LogP) is 4.91. The highest BCUT2D eigenvalue weighted by Gasteiger charge is 2.08. The van der Waals surface area contributed by atoms with E-state index in [1.54, 1.807) is 42.6 Å². The smallest absolute Gasteiger partial charge is 0.255 e. The van der Waals surface area contributed by atoms with Crippen LogP contribution in [-0.4, -0.2) is 16.8 Å². The van der Waals surface area contributed by atoms with Crippen molar-refractivity contribution in [2.75, 3.05) is 11.1 Å². The van der Waals surface area contributed by atoms with Gasteiger partial charge in [0.15, 0.2) is 0 Å². The molecule has 6 heteroatoms. The number of benzene rings is 3. The van der Waals surface area contributed by atoms with Crippen molar-refractivity contribution in [3.05, 3.63) is 120 Å². The number of carbonyl (C=O) groups is 2. The van der Waals surface area contributed by atoms with E-state index in [0.717, 1.165) is 22.3 Å². The summed E-state index contributed by atoms with van der Waals surface area (Å²) < 4.78 is 0. The van der Waals surface area contributed by atoms with Gasteiger partial charge in [-0.25, -0.2) is 0 Å². The van der Waals surface area contributed by atoms with Crippen LogP contribution in [-0.2, 0) is 11.3 Å². The van der Waals surface area contributed by atoms with Crippen molar-refractivity contribution in [2.45, 2.75) is 6.54 Å². The quantitative estimate of drug-likeness (QED) is 0.350. The molecule has 4 N–H and O–H groups in total. The third-order valence-corrected chi connectivity index (χ3v) is 5.23. The number of anilines is 2. The molecule has 0 radical (unpaired) electrons. The van der Waals surface area contributed by atoms with Crippen LogP contribution in [0.2, 0.25) is 0 Å². The number of amides is 2. The minimum absolute atomic E-state index is 0.192. The van der Waals surface area contributed by atoms with E-state index in [0.29, 0.717) is 23.5 Å². The van der Waals surface area contributed by atoms with Crippen LogP contribution in [0.5, 0.6) is 0 Å². The van der Waals surface area contributed by atoms with E-state index < -0.39 is 0 Å². The van der Waals surface area contributed by atoms with Gasteiger partial charge in [-0.05, 0) is 46.5 Å². The van der Waals surface area contributed by atoms with Crippen molar-refractivity contribution in [3.8, 4) is 11.1 Å². The Hall–Kier alpha value is -4.71. The third-order valence-electron chi connectivity index (χ3n) is 5.23. The van der Waals surface area contributed by atoms with Gasteiger partial charge >= 0.3 is 0 Å². The van der Waals surface area contributed by atoms with Crippen molar-refractivity contribution in [1.29, 1.82) is 0 Å². The second kappa shape index (κ2) is 10.7. The Balaban J connectivity index is 1.28. The highest BCUT2D eigenvalue weighted by atomic mass is 16.2. The van der Waals surface area contributed by atoms with Crippen LogP contribution in [0.4, 0.5) is 11.4 Å². The summed E-state index contributed by atoms with van der Waals surface area (Å²) in [7, 11) is 0. The van der Waals surface area contributed by atoms with Gasteiger partial charge in [0.2, 0.25) is 5.91 Å². The molecule has 34 heavy (non-hydrogen) atoms. The number of hydrogen-bond acceptors (Lipinski definition) is 4. The topological polar surface area (TPSA) is 97.1 Å². The first-order valence-electron chi connectivity index (χ1n) is 10.8. The number of nitrogens with zero attached hydrogens (tertiary/aromatic N) is 1. The van der Waals surface area contributed by atoms with Crippen LogP contribution in [0.3, 0.4) is 0 Å². The number of nitrogen functional groups attached to an aromatic ring is 1. The largest absolute Gasteiger partial charge is 0.396 e. The average molecular weight is 449 g/mol. The lowest BCUT2D eigenvalue weighted by Gasteiger charge is -2.08. The molecule has 0 bridgehead atoms. The Bertz CT molecular complexity index is 1300. The molecule has 4 rings (SSSR count). The fourth-order valence-electron chi connectivity index (χ4n) is 3.33. The van der Waals surface area contributed by atoms with E-state index in [9.17, 15) is 9.59 Å². The van der Waals surface area contributed by atoms with Gasteiger partial charge in [-0.1, -0.05) is 66.7 Å². The molecule has 0 fully saturated rings. The Morgan fingerprint density at radius 1 is 0.853 bits per heavy atom. The molecule has 3 aromatic carbocycles. The molecule has 0 unspecified atom stereocenters. The SMILES string of the molecule is Nc1cnccc1NC(=O)c1ccc(CNC(=O)/C=C/c2ccc(-c3ccccc3)cc2)cc1. The molecule has 0 aliphatic carbocycles. The van der Waals surface area contributed by atoms with Crippen molar-refractivity contribution in [1.82, 2.24) is 10.3 Å². The Kier molecular flexibility index (Phi) is 7.10. The summed E-state index contributed by atoms with van der Waals surface area (Å²) in [5.74, 6) is -0.461. The van der Waals surface area contributed by atoms with Crippen LogP contribution in [0.15, 0.2) is 103 Å². The second-order valence-electron chi connectivity index (χ2n) is 7.65. The van der Waals surface area contributed by atoms with Crippen molar-refractivity contribution in [3.63, 3.8) is 0 Å². The normalized spacial score (nSPS) is 10.7. The first-order chi connectivity index (χ1) is 16.6. The number of aromatic nitrogens is 1. The van der Waals surface area contributed by atoms with E-state index in [2.05, 4.69) is 27.8 Å². The minimum Gasteiger partial charge on any atom is -0.396 e. The van der Waals surface area contributed by atoms with Crippen LogP contribution >= 0.6 is 0 Å². The molecule has 0 saturated heterocycles. The van der Waals surface area contributed by atoms with E-state index in [1.807, 2.05) is 42.5 Å². The summed E-state index contributed by atoms with van der Waals surface area (Å²) in [6, 6.07) is 26.8. The molecule has 0 saturated carbocycles. The molecule has 1 aromatic heterocycles. The second-order valence-corrected chi connectivity index (χ2v) is 7.65. The molecule has 2 amide bonds. The molecule has 0 aliphatic heterocycles. The molecular formula is C28H24N4O2. The van der Waals surface area contributed by atoms with Gasteiger partial charge in [0.05, 0.1) is 17.6 Å². The van der Waals surface area contributed by atoms with Crippen LogP contribution < -0.4 is 16.4 Å². The zero-order chi connectivity index (χ0) is 23.8. The zero-order valence-electron chi connectivity index (χ0n) is 18.4. The monoisotopic (exact) mass is 448 g/mol. The van der Waals surface area contributed by atoms with Crippen molar-refractivity contribution in [2.24, 2.45) is 0 Å². The van der Waals surface area contributed by atoms with E-state index >= 15 is 0 Å². The lowest BCUT2D eigenvalue weighted by molar-refractivity contribution is -0.116. The number of rotatable bonds is 7. The van der Waals surface area contributed by atoms with E-state index in [4.69, 9.17) is 5.73 Å². The first-order valence-corrected chi connectivity index (χ1v) is 10.8. The lowest BCUT2D eigenvalue weighted by atomic mass is 10.0. The molecule has 0 spiro atoms. The maximum Gasteiger partial charge on any atom is 0.255 e. The first kappa shape index (κ1) is 22.5. The van der Waals surface area contributed by atoms with Gasteiger partial charge in [-0.2, -0.15) is 0 Å². The number of pyridine rings is 1. The van der Waals surface area contributed by atoms with Gasteiger partial charge in [0.1, 0.15) is 0 Å². The van der Waals surface area contributed by atoms with Gasteiger partial charge in [0.25, 0.3) is 5.91 Å². The predicted molar refractivity (Wildman–Crippen MR) is 136 cm³/mol. The summed E-state index contributed by atoms with van der Waals surface area (Å²) in [4.78, 5) is 28.5. The molecule has 1 heterocycles. The fourth-order valence-corrected chi connectivity index (χ4v) is 3.33. The number of nitrogens with two attached hydrogens (primary N) is 1. The van der Waals surface area contributed by atoms with Gasteiger partial charge in [-0.3, -0.25) is 14.6 Å². The minimum atomic E-state index is -0.269. The standard InChI is InChI=1S/C28H24N4O2/c29-25-19-30-17-16-26(25)32-28(34)24-13-8-21(9-14-24)18-31-27(33)15-10-20-6-11-23(12-7-20)22-4-2-1-3-5-22/h1-17,19H,18,29H2,(H,31,33)(H,30,32,34)/b15-10+. The van der Waals surface area contributed by atoms with Crippen LogP contribution in [0.1, 0.15) is 21.5 Å². The molecule has 4 aromatic rings. The van der Waals surface area contributed by atoms with Crippen molar-refractivity contribution >= 4 is 29.3 Å². The van der Waals surface area contributed by atoms with Crippen LogP contribution in [0, 0.1) is 0 Å². The number of nitrogens with one attached hydrogen (secondary N) is 2. The lowest BCUT2D eigenvalue weighted by Crippen LogP contribution is -2.20. The summed E-state index contributed by atoms with van der Waals surface area (Å²) in [5, 5.41) is 5.61. The van der Waals surface area contributed by atoms with Gasteiger partial charge < -0.3 is 16.4 Å². The van der Waals surface area contributed by atoms with Crippen molar-refractivity contribution < 1.29 is 9.59 Å². The van der Waals surface area contributed by atoms with Gasteiger partial charge in [0, 0.05) is 24.4 Å². The Labute approximate surface area is 198 Å². The van der Waals surface area contributed by atoms with E-state index in [-0.39, 0.29) is 11.8 Å². The number of carbonyl (C=O) groups excluding carboxylic acids is 2. The molecular weight excluding hydrogens is 424 g/mol. The third kappa shape index (κ3) is 5.95. The highest BCUT2D eigenvalue weighted by Crippen LogP contribution is 2.20. The van der Waals surface area contributed by atoms with Crippen LogP contribution in [0.25, 0.3) is 17.2 Å². The molecule has 168 valence electrons. The zero-order valence-corrected chi connectivity index (χ0v) is 18.4. The summed E-state index contributed by atoms with van der Waals surface area (Å²) in [6.45, 7) is 0.356. The number of hydrogen-bond donors (Lipinski definition) is 3. The summed E-state index contributed by atoms with van der Waals surface area (Å²) >= 11 is 0. The summed E-state index contributed by atoms with van der Waals surface area (Å²) in [6.07, 6.45) is 6.34. The summed E-state index contributed by atoms with van der Waals surface area (Å²) in [5.41, 5.74) is 11.3. The Morgan fingerprint density at radius 2 is 1.56 bits per heavy atom. The molecule has 0 atom stereocenters. The van der Waals surface area contributed by atoms with Gasteiger partial charge in [-0.15, -0.1) is 0 Å². The fraction of sp³-hybridized carbons (Fsp3) is 0.0357. The maximum atomic E-state index is 12.4. The molecule has 0 aliphatic rings. The average Bonchev–Trinajstić information content (AvgIpc) is 2.88. The highest BCUT2D eigenvalue weighted by molar-refractivity contribution is 6.05. The Morgan fingerprint density at radius 3 is 2.26 bits per heavy atom. The van der Waals surface area contributed by atoms with E-state index in [1.165, 1.54) is 12.3 Å².